The number of para-hydroxylation sites is 1. The van der Waals surface area contributed by atoms with Crippen molar-refractivity contribution >= 4 is 45.2 Å². The van der Waals surface area contributed by atoms with Crippen LogP contribution in [0.5, 0.6) is 0 Å². The van der Waals surface area contributed by atoms with Crippen LogP contribution in [0, 0.1) is 6.92 Å². The molecule has 32 heavy (non-hydrogen) atoms. The van der Waals surface area contributed by atoms with Gasteiger partial charge in [0.2, 0.25) is 5.95 Å². The summed E-state index contributed by atoms with van der Waals surface area (Å²) in [6.45, 7) is 2.53. The van der Waals surface area contributed by atoms with Crippen LogP contribution in [-0.4, -0.2) is 37.6 Å². The first-order chi connectivity index (χ1) is 15.6. The maximum Gasteiger partial charge on any atom is 0.352 e. The average molecular weight is 426 g/mol. The lowest BCUT2D eigenvalue weighted by Crippen LogP contribution is -2.11. The highest BCUT2D eigenvalue weighted by molar-refractivity contribution is 5.97. The highest BCUT2D eigenvalue weighted by Gasteiger charge is 2.16. The van der Waals surface area contributed by atoms with Crippen LogP contribution in [0.1, 0.15) is 21.7 Å². The molecule has 0 amide bonds. The number of benzene rings is 2. The maximum absolute atomic E-state index is 11.6. The summed E-state index contributed by atoms with van der Waals surface area (Å²) in [5.41, 5.74) is 4.95. The minimum atomic E-state index is -0.965. The van der Waals surface area contributed by atoms with Gasteiger partial charge >= 0.3 is 5.97 Å². The first-order valence-corrected chi connectivity index (χ1v) is 10.3. The molecule has 0 unspecified atom stereocenters. The van der Waals surface area contributed by atoms with Gasteiger partial charge in [-0.2, -0.15) is 4.98 Å². The van der Waals surface area contributed by atoms with Gasteiger partial charge in [0.1, 0.15) is 11.5 Å². The Bertz CT molecular complexity index is 1440. The summed E-state index contributed by atoms with van der Waals surface area (Å²) in [6, 6.07) is 17.6. The quantitative estimate of drug-likeness (QED) is 0.254. The van der Waals surface area contributed by atoms with Gasteiger partial charge in [0.15, 0.2) is 0 Å². The number of carbonyl (C=O) groups is 1. The molecule has 0 saturated carbocycles. The summed E-state index contributed by atoms with van der Waals surface area (Å²) in [4.78, 5) is 26.8. The van der Waals surface area contributed by atoms with E-state index in [1.807, 2.05) is 43.3 Å². The number of aryl methyl sites for hydroxylation is 1. The number of carboxylic acids is 1. The molecule has 5 aromatic rings. The Balaban J connectivity index is 1.29. The highest BCUT2D eigenvalue weighted by Crippen LogP contribution is 2.24. The van der Waals surface area contributed by atoms with Crippen LogP contribution in [0.2, 0.25) is 0 Å². The number of anilines is 3. The SMILES string of the molecule is Cc1cc2cc(Nc3ccnc(NCCc4c(C(=O)O)[nH]c5ccccc45)n3)ccc2[nH]1. The number of hydrogen-bond acceptors (Lipinski definition) is 5. The van der Waals surface area contributed by atoms with Crippen molar-refractivity contribution in [1.29, 1.82) is 0 Å². The molecular formula is C24H22N6O2. The van der Waals surface area contributed by atoms with Gasteiger partial charge in [0, 0.05) is 45.9 Å². The van der Waals surface area contributed by atoms with Gasteiger partial charge in [-0.1, -0.05) is 18.2 Å². The summed E-state index contributed by atoms with van der Waals surface area (Å²) in [5, 5.41) is 18.1. The van der Waals surface area contributed by atoms with Crippen LogP contribution >= 0.6 is 0 Å². The summed E-state index contributed by atoms with van der Waals surface area (Å²) in [6.07, 6.45) is 2.21. The third-order valence-electron chi connectivity index (χ3n) is 5.37. The molecule has 0 atom stereocenters. The summed E-state index contributed by atoms with van der Waals surface area (Å²) < 4.78 is 0. The smallest absolute Gasteiger partial charge is 0.352 e. The van der Waals surface area contributed by atoms with Crippen molar-refractivity contribution in [3.05, 3.63) is 77.7 Å². The molecule has 3 aromatic heterocycles. The number of hydrogen-bond donors (Lipinski definition) is 5. The van der Waals surface area contributed by atoms with Gasteiger partial charge in [0.05, 0.1) is 0 Å². The fraction of sp³-hybridized carbons (Fsp3) is 0.125. The Kier molecular flexibility index (Phi) is 4.95. The van der Waals surface area contributed by atoms with Crippen LogP contribution in [0.3, 0.4) is 0 Å². The molecule has 0 bridgehead atoms. The largest absolute Gasteiger partial charge is 0.477 e. The predicted molar refractivity (Wildman–Crippen MR) is 126 cm³/mol. The van der Waals surface area contributed by atoms with E-state index in [1.165, 1.54) is 0 Å². The van der Waals surface area contributed by atoms with Gasteiger partial charge in [-0.25, -0.2) is 9.78 Å². The van der Waals surface area contributed by atoms with Crippen LogP contribution in [0.15, 0.2) is 60.8 Å². The van der Waals surface area contributed by atoms with E-state index >= 15 is 0 Å². The number of fused-ring (bicyclic) bond motifs is 2. The standard InChI is InChI=1S/C24H22N6O2/c1-14-12-15-13-16(6-7-19(15)27-14)28-21-9-11-26-24(30-21)25-10-8-18-17-4-2-3-5-20(17)29-22(18)23(31)32/h2-7,9,11-13,27,29H,8,10H2,1H3,(H,31,32)(H2,25,26,28,30). The molecule has 5 rings (SSSR count). The molecule has 8 nitrogen and oxygen atoms in total. The molecule has 160 valence electrons. The Morgan fingerprint density at radius 1 is 1.06 bits per heavy atom. The topological polar surface area (TPSA) is 119 Å². The molecule has 0 aliphatic rings. The van der Waals surface area contributed by atoms with E-state index in [-0.39, 0.29) is 5.69 Å². The van der Waals surface area contributed by atoms with Crippen LogP contribution < -0.4 is 10.6 Å². The van der Waals surface area contributed by atoms with Crippen molar-refractivity contribution in [2.45, 2.75) is 13.3 Å². The lowest BCUT2D eigenvalue weighted by molar-refractivity contribution is 0.0690. The Hall–Kier alpha value is -4.33. The van der Waals surface area contributed by atoms with Crippen LogP contribution in [0.4, 0.5) is 17.5 Å². The van der Waals surface area contributed by atoms with Gasteiger partial charge in [-0.3, -0.25) is 0 Å². The number of aromatic amines is 2. The Morgan fingerprint density at radius 2 is 1.94 bits per heavy atom. The normalized spacial score (nSPS) is 11.2. The molecule has 3 heterocycles. The summed E-state index contributed by atoms with van der Waals surface area (Å²) >= 11 is 0. The van der Waals surface area contributed by atoms with Crippen molar-refractivity contribution in [3.8, 4) is 0 Å². The van der Waals surface area contributed by atoms with Crippen LogP contribution in [0.25, 0.3) is 21.8 Å². The maximum atomic E-state index is 11.6. The fourth-order valence-electron chi connectivity index (χ4n) is 3.96. The number of nitrogens with zero attached hydrogens (tertiary/aromatic N) is 2. The molecule has 5 N–H and O–H groups in total. The molecule has 0 aliphatic carbocycles. The monoisotopic (exact) mass is 426 g/mol. The predicted octanol–water partition coefficient (Wildman–Crippen LogP) is 4.84. The third-order valence-corrected chi connectivity index (χ3v) is 5.37. The van der Waals surface area contributed by atoms with Gasteiger partial charge in [0.25, 0.3) is 0 Å². The van der Waals surface area contributed by atoms with Crippen molar-refractivity contribution < 1.29 is 9.90 Å². The first-order valence-electron chi connectivity index (χ1n) is 10.3. The minimum absolute atomic E-state index is 0.222. The fourth-order valence-corrected chi connectivity index (χ4v) is 3.96. The Morgan fingerprint density at radius 3 is 2.81 bits per heavy atom. The van der Waals surface area contributed by atoms with E-state index in [1.54, 1.807) is 12.3 Å². The van der Waals surface area contributed by atoms with Crippen molar-refractivity contribution in [1.82, 2.24) is 19.9 Å². The molecule has 8 heteroatoms. The van der Waals surface area contributed by atoms with E-state index in [2.05, 4.69) is 42.7 Å². The number of carboxylic acid groups (broad SMARTS) is 1. The van der Waals surface area contributed by atoms with Crippen molar-refractivity contribution in [2.24, 2.45) is 0 Å². The highest BCUT2D eigenvalue weighted by atomic mass is 16.4. The molecule has 0 saturated heterocycles. The number of nitrogens with one attached hydrogen (secondary N) is 4. The number of rotatable bonds is 7. The molecule has 0 radical (unpaired) electrons. The molecule has 0 fully saturated rings. The van der Waals surface area contributed by atoms with Gasteiger partial charge in [-0.15, -0.1) is 0 Å². The average Bonchev–Trinajstić information content (AvgIpc) is 3.33. The lowest BCUT2D eigenvalue weighted by Gasteiger charge is -2.09. The van der Waals surface area contributed by atoms with E-state index in [9.17, 15) is 9.90 Å². The first kappa shape index (κ1) is 19.6. The zero-order valence-electron chi connectivity index (χ0n) is 17.4. The molecule has 0 spiro atoms. The summed E-state index contributed by atoms with van der Waals surface area (Å²) in [7, 11) is 0. The van der Waals surface area contributed by atoms with Crippen molar-refractivity contribution in [2.75, 3.05) is 17.2 Å². The second kappa shape index (κ2) is 8.07. The number of H-pyrrole nitrogens is 2. The lowest BCUT2D eigenvalue weighted by atomic mass is 10.1. The third kappa shape index (κ3) is 3.85. The Labute approximate surface area is 183 Å². The van der Waals surface area contributed by atoms with E-state index in [0.29, 0.717) is 24.7 Å². The van der Waals surface area contributed by atoms with Gasteiger partial charge in [-0.05, 0) is 55.3 Å². The molecule has 0 aliphatic heterocycles. The second-order valence-electron chi connectivity index (χ2n) is 7.65. The summed E-state index contributed by atoms with van der Waals surface area (Å²) in [5.74, 6) is 0.186. The zero-order chi connectivity index (χ0) is 22.1. The van der Waals surface area contributed by atoms with E-state index < -0.39 is 5.97 Å². The van der Waals surface area contributed by atoms with Crippen LogP contribution in [-0.2, 0) is 6.42 Å². The zero-order valence-corrected chi connectivity index (χ0v) is 17.4. The van der Waals surface area contributed by atoms with E-state index in [4.69, 9.17) is 0 Å². The van der Waals surface area contributed by atoms with Crippen molar-refractivity contribution in [3.63, 3.8) is 0 Å². The molecular weight excluding hydrogens is 404 g/mol. The van der Waals surface area contributed by atoms with E-state index in [0.717, 1.165) is 38.8 Å². The number of aromatic carboxylic acids is 1. The second-order valence-corrected chi connectivity index (χ2v) is 7.65. The molecule has 2 aromatic carbocycles. The number of aromatic nitrogens is 4. The van der Waals surface area contributed by atoms with Gasteiger partial charge < -0.3 is 25.7 Å². The minimum Gasteiger partial charge on any atom is -0.477 e.